The second kappa shape index (κ2) is 6.94. The van der Waals surface area contributed by atoms with Gasteiger partial charge in [0.25, 0.3) is 0 Å². The van der Waals surface area contributed by atoms with Gasteiger partial charge in [0.15, 0.2) is 0 Å². The minimum Gasteiger partial charge on any atom is -0.481 e. The first-order valence-electron chi connectivity index (χ1n) is 6.12. The number of hydrogen-bond acceptors (Lipinski definition) is 2. The van der Waals surface area contributed by atoms with Crippen molar-refractivity contribution in [1.29, 1.82) is 0 Å². The third-order valence-corrected chi connectivity index (χ3v) is 2.62. The Morgan fingerprint density at radius 2 is 1.76 bits per heavy atom. The summed E-state index contributed by atoms with van der Waals surface area (Å²) in [5.74, 6) is -0.702. The van der Waals surface area contributed by atoms with Gasteiger partial charge < -0.3 is 10.4 Å². The third-order valence-electron chi connectivity index (χ3n) is 2.62. The fraction of sp³-hybridized carbons (Fsp3) is 0.500. The Kier molecular flexibility index (Phi) is 5.53. The van der Waals surface area contributed by atoms with Crippen LogP contribution in [0.1, 0.15) is 36.8 Å². The van der Waals surface area contributed by atoms with Crippen LogP contribution in [0.15, 0.2) is 18.2 Å². The van der Waals surface area contributed by atoms with Crippen molar-refractivity contribution in [1.82, 2.24) is 0 Å². The molecule has 3 nitrogen and oxygen atoms in total. The number of rotatable bonds is 7. The van der Waals surface area contributed by atoms with Gasteiger partial charge in [0, 0.05) is 18.7 Å². The average molecular weight is 235 g/mol. The van der Waals surface area contributed by atoms with E-state index in [1.807, 2.05) is 0 Å². The monoisotopic (exact) mass is 235 g/mol. The van der Waals surface area contributed by atoms with Crippen LogP contribution in [0.4, 0.5) is 5.69 Å². The Hall–Kier alpha value is -1.51. The molecule has 0 saturated carbocycles. The van der Waals surface area contributed by atoms with Crippen molar-refractivity contribution in [2.24, 2.45) is 0 Å². The molecule has 0 atom stereocenters. The van der Waals surface area contributed by atoms with Gasteiger partial charge in [-0.1, -0.05) is 12.5 Å². The summed E-state index contributed by atoms with van der Waals surface area (Å²) in [6.07, 6.45) is 3.03. The van der Waals surface area contributed by atoms with Crippen LogP contribution in [-0.4, -0.2) is 17.6 Å². The molecule has 0 aromatic heterocycles. The summed E-state index contributed by atoms with van der Waals surface area (Å²) >= 11 is 0. The van der Waals surface area contributed by atoms with E-state index >= 15 is 0 Å². The van der Waals surface area contributed by atoms with Gasteiger partial charge in [0.05, 0.1) is 0 Å². The molecule has 0 heterocycles. The molecule has 0 fully saturated rings. The number of aryl methyl sites for hydroxylation is 2. The van der Waals surface area contributed by atoms with Gasteiger partial charge in [0.2, 0.25) is 0 Å². The Morgan fingerprint density at radius 1 is 1.12 bits per heavy atom. The number of hydrogen-bond donors (Lipinski definition) is 2. The lowest BCUT2D eigenvalue weighted by Crippen LogP contribution is -2.02. The van der Waals surface area contributed by atoms with Crippen molar-refractivity contribution in [2.45, 2.75) is 39.5 Å². The summed E-state index contributed by atoms with van der Waals surface area (Å²) in [6.45, 7) is 5.08. The molecule has 0 spiro atoms. The van der Waals surface area contributed by atoms with Crippen molar-refractivity contribution in [2.75, 3.05) is 11.9 Å². The molecule has 0 unspecified atom stereocenters. The molecule has 1 aromatic carbocycles. The zero-order chi connectivity index (χ0) is 12.7. The second-order valence-electron chi connectivity index (χ2n) is 4.51. The molecule has 3 heteroatoms. The lowest BCUT2D eigenvalue weighted by atomic mass is 10.1. The van der Waals surface area contributed by atoms with Crippen LogP contribution in [0, 0.1) is 13.8 Å². The highest BCUT2D eigenvalue weighted by atomic mass is 16.4. The van der Waals surface area contributed by atoms with Gasteiger partial charge in [-0.2, -0.15) is 0 Å². The van der Waals surface area contributed by atoms with Gasteiger partial charge in [-0.3, -0.25) is 4.79 Å². The third kappa shape index (κ3) is 5.95. The summed E-state index contributed by atoms with van der Waals surface area (Å²) < 4.78 is 0. The minimum atomic E-state index is -0.702. The summed E-state index contributed by atoms with van der Waals surface area (Å²) in [4.78, 5) is 10.3. The van der Waals surface area contributed by atoms with E-state index < -0.39 is 5.97 Å². The summed E-state index contributed by atoms with van der Waals surface area (Å²) in [6, 6.07) is 6.41. The topological polar surface area (TPSA) is 49.3 Å². The molecule has 0 saturated heterocycles. The predicted molar refractivity (Wildman–Crippen MR) is 70.5 cm³/mol. The lowest BCUT2D eigenvalue weighted by Gasteiger charge is -2.08. The molecule has 1 aromatic rings. The number of benzene rings is 1. The maximum Gasteiger partial charge on any atom is 0.303 e. The highest BCUT2D eigenvalue weighted by Gasteiger charge is 1.97. The summed E-state index contributed by atoms with van der Waals surface area (Å²) in [5, 5.41) is 11.9. The van der Waals surface area contributed by atoms with E-state index in [0.717, 1.165) is 31.5 Å². The Morgan fingerprint density at radius 3 is 2.35 bits per heavy atom. The number of unbranched alkanes of at least 4 members (excludes halogenated alkanes) is 2. The lowest BCUT2D eigenvalue weighted by molar-refractivity contribution is -0.137. The molecule has 1 rings (SSSR count). The van der Waals surface area contributed by atoms with Gasteiger partial charge in [0.1, 0.15) is 0 Å². The van der Waals surface area contributed by atoms with E-state index in [-0.39, 0.29) is 6.42 Å². The predicted octanol–water partition coefficient (Wildman–Crippen LogP) is 3.36. The van der Waals surface area contributed by atoms with Crippen molar-refractivity contribution >= 4 is 11.7 Å². The Labute approximate surface area is 103 Å². The van der Waals surface area contributed by atoms with Crippen LogP contribution in [-0.2, 0) is 4.79 Å². The number of carboxylic acid groups (broad SMARTS) is 1. The highest BCUT2D eigenvalue weighted by molar-refractivity contribution is 5.66. The molecule has 2 N–H and O–H groups in total. The van der Waals surface area contributed by atoms with E-state index in [9.17, 15) is 4.79 Å². The largest absolute Gasteiger partial charge is 0.481 e. The quantitative estimate of drug-likeness (QED) is 0.712. The molecule has 0 bridgehead atoms. The first-order valence-corrected chi connectivity index (χ1v) is 6.12. The molecular formula is C14H21NO2. The van der Waals surface area contributed by atoms with E-state index in [4.69, 9.17) is 5.11 Å². The normalized spacial score (nSPS) is 10.2. The van der Waals surface area contributed by atoms with Crippen molar-refractivity contribution in [3.05, 3.63) is 29.3 Å². The molecule has 17 heavy (non-hydrogen) atoms. The number of anilines is 1. The standard InChI is InChI=1S/C14H21NO2/c1-11-8-12(2)10-13(9-11)15-7-5-3-4-6-14(16)17/h8-10,15H,3-7H2,1-2H3,(H,16,17). The number of nitrogens with one attached hydrogen (secondary N) is 1. The highest BCUT2D eigenvalue weighted by Crippen LogP contribution is 2.13. The zero-order valence-electron chi connectivity index (χ0n) is 10.6. The first kappa shape index (κ1) is 13.6. The summed E-state index contributed by atoms with van der Waals surface area (Å²) in [5.41, 5.74) is 3.68. The molecular weight excluding hydrogens is 214 g/mol. The SMILES string of the molecule is Cc1cc(C)cc(NCCCCCC(=O)O)c1. The molecule has 0 aliphatic rings. The van der Waals surface area contributed by atoms with Crippen LogP contribution in [0.25, 0.3) is 0 Å². The number of aliphatic carboxylic acids is 1. The van der Waals surface area contributed by atoms with Crippen LogP contribution >= 0.6 is 0 Å². The summed E-state index contributed by atoms with van der Waals surface area (Å²) in [7, 11) is 0. The smallest absolute Gasteiger partial charge is 0.303 e. The van der Waals surface area contributed by atoms with Gasteiger partial charge in [-0.05, 0) is 49.9 Å². The Balaban J connectivity index is 2.20. The maximum atomic E-state index is 10.3. The van der Waals surface area contributed by atoms with E-state index in [0.29, 0.717) is 0 Å². The molecule has 94 valence electrons. The van der Waals surface area contributed by atoms with Gasteiger partial charge in [-0.15, -0.1) is 0 Å². The van der Waals surface area contributed by atoms with Crippen LogP contribution in [0.5, 0.6) is 0 Å². The van der Waals surface area contributed by atoms with Gasteiger partial charge in [-0.25, -0.2) is 0 Å². The number of carboxylic acids is 1. The fourth-order valence-corrected chi connectivity index (χ4v) is 1.89. The van der Waals surface area contributed by atoms with E-state index in [2.05, 4.69) is 37.4 Å². The zero-order valence-corrected chi connectivity index (χ0v) is 10.6. The van der Waals surface area contributed by atoms with Crippen LogP contribution in [0.2, 0.25) is 0 Å². The van der Waals surface area contributed by atoms with Crippen molar-refractivity contribution in [3.63, 3.8) is 0 Å². The van der Waals surface area contributed by atoms with E-state index in [1.54, 1.807) is 0 Å². The Bertz CT molecular complexity index is 354. The number of carbonyl (C=O) groups is 1. The minimum absolute atomic E-state index is 0.281. The first-order chi connectivity index (χ1) is 8.08. The molecule has 0 radical (unpaired) electrons. The molecule has 0 amide bonds. The fourth-order valence-electron chi connectivity index (χ4n) is 1.89. The average Bonchev–Trinajstić information content (AvgIpc) is 2.21. The van der Waals surface area contributed by atoms with Crippen LogP contribution in [0.3, 0.4) is 0 Å². The molecule has 0 aliphatic carbocycles. The van der Waals surface area contributed by atoms with Crippen molar-refractivity contribution in [3.8, 4) is 0 Å². The second-order valence-corrected chi connectivity index (χ2v) is 4.51. The maximum absolute atomic E-state index is 10.3. The van der Waals surface area contributed by atoms with Crippen molar-refractivity contribution < 1.29 is 9.90 Å². The molecule has 0 aliphatic heterocycles. The van der Waals surface area contributed by atoms with Crippen LogP contribution < -0.4 is 5.32 Å². The van der Waals surface area contributed by atoms with Gasteiger partial charge >= 0.3 is 5.97 Å². The van der Waals surface area contributed by atoms with E-state index in [1.165, 1.54) is 11.1 Å².